The molecule has 1 aromatic carbocycles. The molecule has 1 N–H and O–H groups in total. The Balaban J connectivity index is 2.02. The molecular formula is C14H10ClN5S. The summed E-state index contributed by atoms with van der Waals surface area (Å²) in [4.78, 5) is 4.07. The molecule has 5 nitrogen and oxygen atoms in total. The number of hydrogen-bond acceptors (Lipinski definition) is 4. The average molecular weight is 316 g/mol. The second-order valence-electron chi connectivity index (χ2n) is 4.17. The van der Waals surface area contributed by atoms with Crippen molar-refractivity contribution < 1.29 is 0 Å². The lowest BCUT2D eigenvalue weighted by atomic mass is 10.2. The quantitative estimate of drug-likeness (QED) is 0.594. The third-order valence-corrected chi connectivity index (χ3v) is 3.40. The van der Waals surface area contributed by atoms with Gasteiger partial charge >= 0.3 is 0 Å². The van der Waals surface area contributed by atoms with E-state index in [1.807, 2.05) is 30.3 Å². The van der Waals surface area contributed by atoms with Crippen molar-refractivity contribution in [3.8, 4) is 11.4 Å². The van der Waals surface area contributed by atoms with Gasteiger partial charge in [-0.2, -0.15) is 14.9 Å². The summed E-state index contributed by atoms with van der Waals surface area (Å²) < 4.78 is 1.94. The number of benzene rings is 1. The fourth-order valence-corrected chi connectivity index (χ4v) is 2.14. The number of H-pyrrole nitrogens is 1. The number of nitrogens with one attached hydrogen (secondary N) is 1. The molecule has 0 aliphatic rings. The van der Waals surface area contributed by atoms with Crippen molar-refractivity contribution in [2.75, 3.05) is 0 Å². The van der Waals surface area contributed by atoms with Crippen LogP contribution in [0.1, 0.15) is 5.56 Å². The number of halogens is 1. The summed E-state index contributed by atoms with van der Waals surface area (Å²) in [6, 6.07) is 11.2. The van der Waals surface area contributed by atoms with Gasteiger partial charge in [0.05, 0.1) is 6.21 Å². The van der Waals surface area contributed by atoms with Crippen LogP contribution in [0.25, 0.3) is 11.4 Å². The molecule has 0 bridgehead atoms. The predicted octanol–water partition coefficient (Wildman–Crippen LogP) is 3.54. The van der Waals surface area contributed by atoms with Crippen molar-refractivity contribution in [3.63, 3.8) is 0 Å². The number of hydrogen-bond donors (Lipinski definition) is 1. The third kappa shape index (κ3) is 2.91. The summed E-state index contributed by atoms with van der Waals surface area (Å²) in [5.41, 5.74) is 1.63. The van der Waals surface area contributed by atoms with Crippen molar-refractivity contribution in [1.29, 1.82) is 0 Å². The van der Waals surface area contributed by atoms with E-state index in [-0.39, 0.29) is 0 Å². The van der Waals surface area contributed by atoms with E-state index in [9.17, 15) is 0 Å². The van der Waals surface area contributed by atoms with E-state index < -0.39 is 0 Å². The maximum atomic E-state index is 6.10. The minimum Gasteiger partial charge on any atom is -0.264 e. The second-order valence-corrected chi connectivity index (χ2v) is 4.97. The molecule has 0 unspecified atom stereocenters. The summed E-state index contributed by atoms with van der Waals surface area (Å²) in [6.45, 7) is 0. The van der Waals surface area contributed by atoms with Crippen LogP contribution in [0.15, 0.2) is 53.9 Å². The summed E-state index contributed by atoms with van der Waals surface area (Å²) in [5, 5.41) is 11.9. The van der Waals surface area contributed by atoms with Crippen LogP contribution >= 0.6 is 23.8 Å². The normalized spacial score (nSPS) is 11.1. The van der Waals surface area contributed by atoms with Gasteiger partial charge < -0.3 is 0 Å². The molecular weight excluding hydrogens is 306 g/mol. The van der Waals surface area contributed by atoms with Crippen LogP contribution in [0.4, 0.5) is 0 Å². The summed E-state index contributed by atoms with van der Waals surface area (Å²) in [7, 11) is 0. The van der Waals surface area contributed by atoms with Gasteiger partial charge in [-0.05, 0) is 30.4 Å². The zero-order valence-corrected chi connectivity index (χ0v) is 12.3. The Morgan fingerprint density at radius 2 is 2.10 bits per heavy atom. The first kappa shape index (κ1) is 13.7. The predicted molar refractivity (Wildman–Crippen MR) is 85.1 cm³/mol. The minimum atomic E-state index is 0.400. The van der Waals surface area contributed by atoms with Gasteiger partial charge in [-0.25, -0.2) is 5.10 Å². The molecule has 104 valence electrons. The molecule has 0 radical (unpaired) electrons. The van der Waals surface area contributed by atoms with Crippen LogP contribution < -0.4 is 0 Å². The van der Waals surface area contributed by atoms with E-state index in [0.29, 0.717) is 15.6 Å². The van der Waals surface area contributed by atoms with Crippen LogP contribution in [0.2, 0.25) is 5.02 Å². The van der Waals surface area contributed by atoms with Crippen LogP contribution in [0.5, 0.6) is 0 Å². The van der Waals surface area contributed by atoms with Crippen molar-refractivity contribution in [3.05, 3.63) is 64.1 Å². The topological polar surface area (TPSA) is 58.9 Å². The van der Waals surface area contributed by atoms with Gasteiger partial charge in [-0.15, -0.1) is 0 Å². The van der Waals surface area contributed by atoms with Crippen molar-refractivity contribution >= 4 is 30.0 Å². The van der Waals surface area contributed by atoms with E-state index in [4.69, 9.17) is 23.8 Å². The SMILES string of the molecule is S=c1[nH]nc(-c2cccnc2)n1/N=C/c1ccccc1Cl. The van der Waals surface area contributed by atoms with Crippen LogP contribution in [-0.4, -0.2) is 26.1 Å². The molecule has 0 saturated carbocycles. The highest BCUT2D eigenvalue weighted by Crippen LogP contribution is 2.16. The van der Waals surface area contributed by atoms with Gasteiger partial charge in [-0.3, -0.25) is 4.98 Å². The van der Waals surface area contributed by atoms with Crippen LogP contribution in [0, 0.1) is 4.77 Å². The summed E-state index contributed by atoms with van der Waals surface area (Å²) >= 11 is 11.3. The van der Waals surface area contributed by atoms with E-state index in [2.05, 4.69) is 20.3 Å². The Morgan fingerprint density at radius 3 is 2.86 bits per heavy atom. The highest BCUT2D eigenvalue weighted by atomic mass is 35.5. The zero-order chi connectivity index (χ0) is 14.7. The van der Waals surface area contributed by atoms with Gasteiger partial charge in [0.1, 0.15) is 0 Å². The standard InChI is InChI=1S/C14H10ClN5S/c15-12-6-2-1-4-10(12)9-17-20-13(18-19-14(20)21)11-5-3-7-16-8-11/h1-9H,(H,19,21)/b17-9+. The van der Waals surface area contributed by atoms with Gasteiger partial charge in [0.15, 0.2) is 5.82 Å². The van der Waals surface area contributed by atoms with Gasteiger partial charge in [0.2, 0.25) is 4.77 Å². The van der Waals surface area contributed by atoms with Crippen molar-refractivity contribution in [2.24, 2.45) is 5.10 Å². The molecule has 0 saturated heterocycles. The van der Waals surface area contributed by atoms with E-state index in [1.54, 1.807) is 24.7 Å². The average Bonchev–Trinajstić information content (AvgIpc) is 2.88. The Labute approximate surface area is 130 Å². The molecule has 0 atom stereocenters. The Bertz CT molecular complexity index is 838. The van der Waals surface area contributed by atoms with E-state index in [0.717, 1.165) is 11.1 Å². The third-order valence-electron chi connectivity index (χ3n) is 2.79. The number of aromatic amines is 1. The highest BCUT2D eigenvalue weighted by Gasteiger charge is 2.07. The smallest absolute Gasteiger partial charge is 0.216 e. The van der Waals surface area contributed by atoms with E-state index in [1.165, 1.54) is 4.68 Å². The number of rotatable bonds is 3. The largest absolute Gasteiger partial charge is 0.264 e. The van der Waals surface area contributed by atoms with Gasteiger partial charge in [-0.1, -0.05) is 29.8 Å². The Hall–Kier alpha value is -2.31. The van der Waals surface area contributed by atoms with Crippen molar-refractivity contribution in [1.82, 2.24) is 19.9 Å². The number of pyridine rings is 1. The maximum Gasteiger partial charge on any atom is 0.216 e. The molecule has 0 amide bonds. The van der Waals surface area contributed by atoms with Crippen LogP contribution in [-0.2, 0) is 0 Å². The molecule has 7 heteroatoms. The molecule has 0 aliphatic heterocycles. The molecule has 3 aromatic rings. The lowest BCUT2D eigenvalue weighted by Crippen LogP contribution is -1.95. The van der Waals surface area contributed by atoms with Gasteiger partial charge in [0, 0.05) is 28.5 Å². The van der Waals surface area contributed by atoms with Gasteiger partial charge in [0.25, 0.3) is 0 Å². The van der Waals surface area contributed by atoms with E-state index >= 15 is 0 Å². The fraction of sp³-hybridized carbons (Fsp3) is 0. The molecule has 21 heavy (non-hydrogen) atoms. The molecule has 2 aromatic heterocycles. The second kappa shape index (κ2) is 5.99. The lowest BCUT2D eigenvalue weighted by Gasteiger charge is -2.00. The van der Waals surface area contributed by atoms with Crippen molar-refractivity contribution in [2.45, 2.75) is 0 Å². The molecule has 3 rings (SSSR count). The highest BCUT2D eigenvalue weighted by molar-refractivity contribution is 7.71. The Morgan fingerprint density at radius 1 is 1.24 bits per heavy atom. The molecule has 0 spiro atoms. The Kier molecular flexibility index (Phi) is 3.89. The minimum absolute atomic E-state index is 0.400. The molecule has 0 aliphatic carbocycles. The molecule has 2 heterocycles. The lowest BCUT2D eigenvalue weighted by molar-refractivity contribution is 0.871. The number of nitrogens with zero attached hydrogens (tertiary/aromatic N) is 4. The summed E-state index contributed by atoms with van der Waals surface area (Å²) in [5.74, 6) is 0.594. The summed E-state index contributed by atoms with van der Waals surface area (Å²) in [6.07, 6.45) is 5.04. The zero-order valence-electron chi connectivity index (χ0n) is 10.8. The van der Waals surface area contributed by atoms with Crippen LogP contribution in [0.3, 0.4) is 0 Å². The first-order valence-corrected chi connectivity index (χ1v) is 6.91. The first-order valence-electron chi connectivity index (χ1n) is 6.12. The number of aromatic nitrogens is 4. The fourth-order valence-electron chi connectivity index (χ4n) is 1.78. The monoisotopic (exact) mass is 315 g/mol. The first-order chi connectivity index (χ1) is 10.3. The maximum absolute atomic E-state index is 6.10. The molecule has 0 fully saturated rings.